The fraction of sp³-hybridized carbons (Fsp3) is 0.182. The van der Waals surface area contributed by atoms with E-state index in [0.29, 0.717) is 10.9 Å². The number of para-hydroxylation sites is 1. The van der Waals surface area contributed by atoms with E-state index in [9.17, 15) is 4.79 Å². The van der Waals surface area contributed by atoms with E-state index in [1.807, 2.05) is 64.5 Å². The molecule has 2 heterocycles. The van der Waals surface area contributed by atoms with E-state index in [4.69, 9.17) is 4.98 Å². The van der Waals surface area contributed by atoms with E-state index in [1.165, 1.54) is 16.9 Å². The van der Waals surface area contributed by atoms with E-state index in [1.54, 1.807) is 29.9 Å². The molecule has 6 nitrogen and oxygen atoms in total. The Hall–Kier alpha value is -2.97. The molecule has 152 valence electrons. The Balaban J connectivity index is 1.50. The quantitative estimate of drug-likeness (QED) is 0.370. The molecule has 0 aliphatic heterocycles. The van der Waals surface area contributed by atoms with Crippen LogP contribution in [0.1, 0.15) is 25.1 Å². The number of carbonyl (C=O) groups excluding carboxylic acids is 1. The molecular weight excluding hydrogens is 414 g/mol. The third-order valence-electron chi connectivity index (χ3n) is 4.55. The Morgan fingerprint density at radius 2 is 1.90 bits per heavy atom. The van der Waals surface area contributed by atoms with Crippen LogP contribution in [0.2, 0.25) is 0 Å². The molecule has 0 saturated heterocycles. The highest BCUT2D eigenvalue weighted by atomic mass is 32.2. The lowest BCUT2D eigenvalue weighted by Crippen LogP contribution is -2.22. The lowest BCUT2D eigenvalue weighted by atomic mass is 10.1. The third-order valence-corrected chi connectivity index (χ3v) is 6.40. The second-order valence-electron chi connectivity index (χ2n) is 6.60. The molecule has 0 saturated carbocycles. The van der Waals surface area contributed by atoms with Gasteiger partial charge in [-0.2, -0.15) is 0 Å². The number of thiazole rings is 1. The minimum Gasteiger partial charge on any atom is -0.277 e. The number of carbonyl (C=O) groups is 1. The lowest BCUT2D eigenvalue weighted by molar-refractivity contribution is -0.115. The number of hydrogen-bond acceptors (Lipinski definition) is 6. The number of aryl methyl sites for hydroxylation is 1. The molecule has 1 amide bonds. The van der Waals surface area contributed by atoms with Gasteiger partial charge in [-0.3, -0.25) is 14.3 Å². The van der Waals surface area contributed by atoms with Crippen LogP contribution >= 0.6 is 23.1 Å². The van der Waals surface area contributed by atoms with E-state index in [0.717, 1.165) is 28.6 Å². The minimum absolute atomic E-state index is 0.0587. The largest absolute Gasteiger partial charge is 0.277 e. The smallest absolute Gasteiger partial charge is 0.230 e. The first-order valence-electron chi connectivity index (χ1n) is 9.58. The first kappa shape index (κ1) is 20.3. The van der Waals surface area contributed by atoms with Crippen molar-refractivity contribution in [1.29, 1.82) is 0 Å². The zero-order chi connectivity index (χ0) is 20.9. The van der Waals surface area contributed by atoms with Gasteiger partial charge in [-0.25, -0.2) is 4.98 Å². The van der Waals surface area contributed by atoms with Gasteiger partial charge in [0.1, 0.15) is 6.33 Å². The molecule has 0 fully saturated rings. The number of hydrogen-bond donors (Lipinski definition) is 0. The summed E-state index contributed by atoms with van der Waals surface area (Å²) in [4.78, 5) is 18.7. The van der Waals surface area contributed by atoms with Crippen molar-refractivity contribution < 1.29 is 4.79 Å². The van der Waals surface area contributed by atoms with Crippen molar-refractivity contribution in [3.05, 3.63) is 77.6 Å². The number of anilines is 2. The molecule has 0 spiro atoms. The van der Waals surface area contributed by atoms with Gasteiger partial charge in [0.2, 0.25) is 5.91 Å². The summed E-state index contributed by atoms with van der Waals surface area (Å²) in [7, 11) is 0. The van der Waals surface area contributed by atoms with Gasteiger partial charge in [0, 0.05) is 23.7 Å². The van der Waals surface area contributed by atoms with Crippen LogP contribution in [0.25, 0.3) is 5.69 Å². The van der Waals surface area contributed by atoms with Crippen molar-refractivity contribution in [2.45, 2.75) is 31.2 Å². The van der Waals surface area contributed by atoms with Gasteiger partial charge in [-0.15, -0.1) is 21.5 Å². The summed E-state index contributed by atoms with van der Waals surface area (Å²) < 4.78 is 1.95. The lowest BCUT2D eigenvalue weighted by Gasteiger charge is -2.18. The zero-order valence-corrected chi connectivity index (χ0v) is 18.4. The fourth-order valence-corrected chi connectivity index (χ4v) is 4.81. The van der Waals surface area contributed by atoms with E-state index in [-0.39, 0.29) is 5.91 Å². The summed E-state index contributed by atoms with van der Waals surface area (Å²) in [6.07, 6.45) is 2.67. The highest BCUT2D eigenvalue weighted by Crippen LogP contribution is 2.31. The number of amides is 1. The van der Waals surface area contributed by atoms with Crippen LogP contribution in [-0.4, -0.2) is 25.7 Å². The number of nitrogens with zero attached hydrogens (tertiary/aromatic N) is 5. The number of aromatic nitrogens is 4. The molecule has 2 aromatic carbocycles. The molecule has 4 rings (SSSR count). The van der Waals surface area contributed by atoms with Gasteiger partial charge in [-0.05, 0) is 36.2 Å². The summed E-state index contributed by atoms with van der Waals surface area (Å²) >= 11 is 3.03. The first-order valence-corrected chi connectivity index (χ1v) is 11.4. The Morgan fingerprint density at radius 3 is 2.60 bits per heavy atom. The molecule has 4 aromatic rings. The van der Waals surface area contributed by atoms with Gasteiger partial charge >= 0.3 is 0 Å². The summed E-state index contributed by atoms with van der Waals surface area (Å²) in [5.41, 5.74) is 3.99. The summed E-state index contributed by atoms with van der Waals surface area (Å²) in [6.45, 7) is 3.67. The molecule has 0 N–H and O–H groups in total. The van der Waals surface area contributed by atoms with Crippen molar-refractivity contribution >= 4 is 39.8 Å². The van der Waals surface area contributed by atoms with E-state index < -0.39 is 0 Å². The second kappa shape index (κ2) is 9.23. The molecule has 8 heteroatoms. The normalized spacial score (nSPS) is 10.9. The maximum atomic E-state index is 12.3. The number of thioether (sulfide) groups is 1. The molecule has 0 unspecified atom stereocenters. The Kier molecular flexibility index (Phi) is 6.25. The second-order valence-corrected chi connectivity index (χ2v) is 8.38. The summed E-state index contributed by atoms with van der Waals surface area (Å²) in [5, 5.41) is 11.7. The van der Waals surface area contributed by atoms with E-state index in [2.05, 4.69) is 17.1 Å². The molecule has 0 bridgehead atoms. The van der Waals surface area contributed by atoms with Crippen molar-refractivity contribution in [3.63, 3.8) is 0 Å². The van der Waals surface area contributed by atoms with E-state index >= 15 is 0 Å². The van der Waals surface area contributed by atoms with Gasteiger partial charge < -0.3 is 0 Å². The predicted octanol–water partition coefficient (Wildman–Crippen LogP) is 5.26. The Morgan fingerprint density at radius 1 is 1.13 bits per heavy atom. The van der Waals surface area contributed by atoms with Gasteiger partial charge in [-0.1, -0.05) is 49.0 Å². The Bertz CT molecular complexity index is 1120. The van der Waals surface area contributed by atoms with Gasteiger partial charge in [0.15, 0.2) is 10.3 Å². The van der Waals surface area contributed by atoms with Crippen molar-refractivity contribution in [1.82, 2.24) is 19.7 Å². The van der Waals surface area contributed by atoms with Gasteiger partial charge in [0.25, 0.3) is 0 Å². The first-order chi connectivity index (χ1) is 14.7. The molecule has 0 aliphatic rings. The molecular formula is C22H21N5OS2. The van der Waals surface area contributed by atoms with Crippen molar-refractivity contribution in [2.24, 2.45) is 0 Å². The SMILES string of the molecule is CCc1ccc(N(C(C)=O)c2nc(CSc3nncn3-c3ccccc3)cs2)cc1. The van der Waals surface area contributed by atoms with Crippen LogP contribution in [0.15, 0.2) is 71.5 Å². The maximum Gasteiger partial charge on any atom is 0.230 e. The topological polar surface area (TPSA) is 63.9 Å². The third kappa shape index (κ3) is 4.44. The summed E-state index contributed by atoms with van der Waals surface area (Å²) in [6, 6.07) is 18.0. The zero-order valence-electron chi connectivity index (χ0n) is 16.7. The van der Waals surface area contributed by atoms with Gasteiger partial charge in [0.05, 0.1) is 11.4 Å². The van der Waals surface area contributed by atoms with Crippen LogP contribution in [0.5, 0.6) is 0 Å². The fourth-order valence-electron chi connectivity index (χ4n) is 3.00. The minimum atomic E-state index is -0.0587. The van der Waals surface area contributed by atoms with Crippen molar-refractivity contribution in [3.8, 4) is 5.69 Å². The molecule has 0 radical (unpaired) electrons. The molecule has 0 atom stereocenters. The predicted molar refractivity (Wildman–Crippen MR) is 122 cm³/mol. The number of benzene rings is 2. The van der Waals surface area contributed by atoms with Crippen LogP contribution in [0, 0.1) is 0 Å². The standard InChI is InChI=1S/C22H21N5OS2/c1-3-17-9-11-20(12-10-17)27(16(2)28)21-24-18(13-29-21)14-30-22-25-23-15-26(22)19-7-5-4-6-8-19/h4-13,15H,3,14H2,1-2H3. The van der Waals surface area contributed by atoms with Crippen LogP contribution in [-0.2, 0) is 17.0 Å². The van der Waals surface area contributed by atoms with Crippen molar-refractivity contribution in [2.75, 3.05) is 4.90 Å². The maximum absolute atomic E-state index is 12.3. The number of rotatable bonds is 7. The highest BCUT2D eigenvalue weighted by Gasteiger charge is 2.18. The average molecular weight is 436 g/mol. The van der Waals surface area contributed by atoms with Crippen LogP contribution in [0.4, 0.5) is 10.8 Å². The monoisotopic (exact) mass is 435 g/mol. The molecule has 0 aliphatic carbocycles. The highest BCUT2D eigenvalue weighted by molar-refractivity contribution is 7.98. The Labute approximate surface area is 183 Å². The molecule has 30 heavy (non-hydrogen) atoms. The van der Waals surface area contributed by atoms with Crippen LogP contribution in [0.3, 0.4) is 0 Å². The van der Waals surface area contributed by atoms with Crippen LogP contribution < -0.4 is 4.90 Å². The molecule has 2 aromatic heterocycles. The average Bonchev–Trinajstić information content (AvgIpc) is 3.43. The summed E-state index contributed by atoms with van der Waals surface area (Å²) in [5.74, 6) is 0.583.